The fourth-order valence-corrected chi connectivity index (χ4v) is 4.53. The Labute approximate surface area is 180 Å². The molecule has 154 valence electrons. The van der Waals surface area contributed by atoms with E-state index in [2.05, 4.69) is 20.0 Å². The second-order valence-corrected chi connectivity index (χ2v) is 9.05. The fraction of sp³-hybridized carbons (Fsp3) is 0.190. The SMILES string of the molecule is Cc1ccc(S(=O)(=O)N/N=C/C2=C(Cl)c3c(C)nn(-c4ccccn4)c3CC2)cc1. The zero-order valence-electron chi connectivity index (χ0n) is 16.5. The Balaban J connectivity index is 1.60. The summed E-state index contributed by atoms with van der Waals surface area (Å²) in [6.07, 6.45) is 4.49. The van der Waals surface area contributed by atoms with E-state index in [0.717, 1.165) is 33.9 Å². The summed E-state index contributed by atoms with van der Waals surface area (Å²) in [4.78, 5) is 6.77. The van der Waals surface area contributed by atoms with Crippen molar-refractivity contribution in [2.75, 3.05) is 0 Å². The number of aromatic nitrogens is 3. The molecule has 0 bridgehead atoms. The van der Waals surface area contributed by atoms with Crippen molar-refractivity contribution in [1.29, 1.82) is 0 Å². The van der Waals surface area contributed by atoms with Gasteiger partial charge in [-0.05, 0) is 56.5 Å². The minimum atomic E-state index is -3.73. The van der Waals surface area contributed by atoms with Crippen LogP contribution in [0.25, 0.3) is 10.9 Å². The van der Waals surface area contributed by atoms with E-state index in [1.807, 2.05) is 32.0 Å². The van der Waals surface area contributed by atoms with Crippen LogP contribution in [0.2, 0.25) is 0 Å². The van der Waals surface area contributed by atoms with Crippen LogP contribution in [-0.4, -0.2) is 29.4 Å². The van der Waals surface area contributed by atoms with Crippen molar-refractivity contribution in [1.82, 2.24) is 19.6 Å². The lowest BCUT2D eigenvalue weighted by atomic mass is 9.96. The number of hydrazone groups is 1. The summed E-state index contributed by atoms with van der Waals surface area (Å²) in [7, 11) is -3.73. The van der Waals surface area contributed by atoms with Crippen molar-refractivity contribution in [3.05, 3.63) is 76.7 Å². The lowest BCUT2D eigenvalue weighted by Crippen LogP contribution is -2.18. The van der Waals surface area contributed by atoms with Crippen LogP contribution in [0.5, 0.6) is 0 Å². The first-order valence-corrected chi connectivity index (χ1v) is 11.2. The summed E-state index contributed by atoms with van der Waals surface area (Å²) in [6, 6.07) is 12.2. The normalized spacial score (nSPS) is 14.2. The van der Waals surface area contributed by atoms with Crippen LogP contribution in [0, 0.1) is 13.8 Å². The van der Waals surface area contributed by atoms with Crippen molar-refractivity contribution in [3.8, 4) is 5.82 Å². The second-order valence-electron chi connectivity index (χ2n) is 7.01. The van der Waals surface area contributed by atoms with Gasteiger partial charge in [0.25, 0.3) is 10.0 Å². The highest BCUT2D eigenvalue weighted by Gasteiger charge is 2.25. The highest BCUT2D eigenvalue weighted by atomic mass is 35.5. The molecule has 3 aromatic rings. The van der Waals surface area contributed by atoms with Crippen LogP contribution in [0.3, 0.4) is 0 Å². The van der Waals surface area contributed by atoms with Crippen LogP contribution in [0.4, 0.5) is 0 Å². The number of allylic oxidation sites excluding steroid dienone is 1. The van der Waals surface area contributed by atoms with Gasteiger partial charge in [0.2, 0.25) is 0 Å². The number of sulfonamides is 1. The first kappa shape index (κ1) is 20.3. The van der Waals surface area contributed by atoms with E-state index < -0.39 is 10.0 Å². The van der Waals surface area contributed by atoms with E-state index in [1.54, 1.807) is 35.1 Å². The number of halogens is 1. The predicted octanol–water partition coefficient (Wildman–Crippen LogP) is 3.74. The molecule has 0 spiro atoms. The van der Waals surface area contributed by atoms with E-state index in [9.17, 15) is 8.42 Å². The molecule has 1 aliphatic carbocycles. The van der Waals surface area contributed by atoms with E-state index in [1.165, 1.54) is 6.21 Å². The Hall–Kier alpha value is -2.97. The van der Waals surface area contributed by atoms with Crippen molar-refractivity contribution in [3.63, 3.8) is 0 Å². The third kappa shape index (κ3) is 3.88. The third-order valence-electron chi connectivity index (χ3n) is 4.88. The van der Waals surface area contributed by atoms with Gasteiger partial charge >= 0.3 is 0 Å². The van der Waals surface area contributed by atoms with Gasteiger partial charge in [-0.25, -0.2) is 14.5 Å². The maximum absolute atomic E-state index is 12.4. The Morgan fingerprint density at radius 1 is 1.13 bits per heavy atom. The Morgan fingerprint density at radius 2 is 1.90 bits per heavy atom. The molecule has 0 unspecified atom stereocenters. The van der Waals surface area contributed by atoms with Crippen LogP contribution in [0.15, 0.2) is 64.2 Å². The molecule has 7 nitrogen and oxygen atoms in total. The molecule has 0 saturated heterocycles. The maximum Gasteiger partial charge on any atom is 0.276 e. The number of hydrogen-bond acceptors (Lipinski definition) is 5. The molecule has 2 aromatic heterocycles. The van der Waals surface area contributed by atoms with Gasteiger partial charge in [0.05, 0.1) is 27.5 Å². The van der Waals surface area contributed by atoms with Gasteiger partial charge in [-0.2, -0.15) is 18.6 Å². The number of aryl methyl sites for hydroxylation is 2. The maximum atomic E-state index is 12.4. The smallest absolute Gasteiger partial charge is 0.237 e. The van der Waals surface area contributed by atoms with Crippen LogP contribution in [0.1, 0.15) is 28.9 Å². The van der Waals surface area contributed by atoms with Gasteiger partial charge in [-0.15, -0.1) is 0 Å². The van der Waals surface area contributed by atoms with E-state index >= 15 is 0 Å². The van der Waals surface area contributed by atoms with Gasteiger partial charge in [0.15, 0.2) is 5.82 Å². The van der Waals surface area contributed by atoms with Gasteiger partial charge < -0.3 is 0 Å². The van der Waals surface area contributed by atoms with E-state index in [-0.39, 0.29) is 4.90 Å². The van der Waals surface area contributed by atoms with Crippen LogP contribution < -0.4 is 4.83 Å². The first-order chi connectivity index (χ1) is 14.4. The monoisotopic (exact) mass is 441 g/mol. The lowest BCUT2D eigenvalue weighted by molar-refractivity contribution is 0.584. The molecule has 0 amide bonds. The zero-order valence-corrected chi connectivity index (χ0v) is 18.1. The number of nitrogens with one attached hydrogen (secondary N) is 1. The number of rotatable bonds is 5. The summed E-state index contributed by atoms with van der Waals surface area (Å²) >= 11 is 6.64. The van der Waals surface area contributed by atoms with E-state index in [4.69, 9.17) is 11.6 Å². The molecule has 0 fully saturated rings. The highest BCUT2D eigenvalue weighted by Crippen LogP contribution is 2.36. The molecule has 1 aliphatic rings. The van der Waals surface area contributed by atoms with Crippen molar-refractivity contribution >= 4 is 32.9 Å². The molecule has 1 N–H and O–H groups in total. The summed E-state index contributed by atoms with van der Waals surface area (Å²) in [5.74, 6) is 0.731. The molecule has 30 heavy (non-hydrogen) atoms. The second kappa shape index (κ2) is 8.04. The highest BCUT2D eigenvalue weighted by molar-refractivity contribution is 7.89. The molecule has 1 aromatic carbocycles. The molecule has 2 heterocycles. The quantitative estimate of drug-likeness (QED) is 0.482. The zero-order chi connectivity index (χ0) is 21.3. The summed E-state index contributed by atoms with van der Waals surface area (Å²) in [5.41, 5.74) is 4.34. The molecule has 0 radical (unpaired) electrons. The molecular weight excluding hydrogens is 422 g/mol. The lowest BCUT2D eigenvalue weighted by Gasteiger charge is -2.16. The minimum absolute atomic E-state index is 0.156. The molecule has 0 saturated carbocycles. The predicted molar refractivity (Wildman–Crippen MR) is 117 cm³/mol. The fourth-order valence-electron chi connectivity index (χ4n) is 3.35. The standard InChI is InChI=1S/C21H20ClN5O2S/c1-14-6-9-17(10-7-14)30(28,29)26-24-13-16-8-11-18-20(21(16)22)15(2)25-27(18)19-5-3-4-12-23-19/h3-7,9-10,12-13,26H,8,11H2,1-2H3/b24-13+. The average molecular weight is 442 g/mol. The number of fused-ring (bicyclic) bond motifs is 1. The summed E-state index contributed by atoms with van der Waals surface area (Å²) < 4.78 is 26.6. The largest absolute Gasteiger partial charge is 0.276 e. The van der Waals surface area contributed by atoms with Crippen LogP contribution in [-0.2, 0) is 16.4 Å². The Bertz CT molecular complexity index is 1250. The minimum Gasteiger partial charge on any atom is -0.237 e. The van der Waals surface area contributed by atoms with Crippen molar-refractivity contribution in [2.45, 2.75) is 31.6 Å². The van der Waals surface area contributed by atoms with Crippen molar-refractivity contribution < 1.29 is 8.42 Å². The summed E-state index contributed by atoms with van der Waals surface area (Å²) in [6.45, 7) is 3.78. The number of pyridine rings is 1. The average Bonchev–Trinajstić information content (AvgIpc) is 3.08. The third-order valence-corrected chi connectivity index (χ3v) is 6.55. The molecule has 4 rings (SSSR count). The summed E-state index contributed by atoms with van der Waals surface area (Å²) in [5, 5.41) is 9.05. The first-order valence-electron chi connectivity index (χ1n) is 9.37. The molecular formula is C21H20ClN5O2S. The Kier molecular flexibility index (Phi) is 5.44. The van der Waals surface area contributed by atoms with Gasteiger partial charge in [-0.3, -0.25) is 0 Å². The van der Waals surface area contributed by atoms with Crippen LogP contribution >= 0.6 is 11.6 Å². The number of benzene rings is 1. The number of hydrogen-bond donors (Lipinski definition) is 1. The molecule has 0 aliphatic heterocycles. The van der Waals surface area contributed by atoms with Gasteiger partial charge in [0, 0.05) is 11.8 Å². The topological polar surface area (TPSA) is 89.2 Å². The molecule has 0 atom stereocenters. The number of nitrogens with zero attached hydrogens (tertiary/aromatic N) is 4. The van der Waals surface area contributed by atoms with Gasteiger partial charge in [-0.1, -0.05) is 35.4 Å². The molecule has 9 heteroatoms. The van der Waals surface area contributed by atoms with Crippen molar-refractivity contribution in [2.24, 2.45) is 5.10 Å². The van der Waals surface area contributed by atoms with Gasteiger partial charge in [0.1, 0.15) is 0 Å². The van der Waals surface area contributed by atoms with E-state index in [0.29, 0.717) is 17.9 Å². The Morgan fingerprint density at radius 3 is 2.60 bits per heavy atom.